The predicted molar refractivity (Wildman–Crippen MR) is 142 cm³/mol. The molecule has 4 nitrogen and oxygen atoms in total. The van der Waals surface area contributed by atoms with Crippen molar-refractivity contribution in [3.63, 3.8) is 0 Å². The fourth-order valence-corrected chi connectivity index (χ4v) is 4.05. The lowest BCUT2D eigenvalue weighted by Crippen LogP contribution is -2.52. The maximum Gasteiger partial charge on any atom is 0.243 e. The van der Waals surface area contributed by atoms with Crippen molar-refractivity contribution in [3.05, 3.63) is 105 Å². The number of nitrogens with one attached hydrogen (secondary N) is 1. The van der Waals surface area contributed by atoms with Gasteiger partial charge in [0.25, 0.3) is 0 Å². The molecule has 0 aliphatic heterocycles. The fourth-order valence-electron chi connectivity index (χ4n) is 3.66. The Balaban J connectivity index is 1.95. The number of hydrogen-bond acceptors (Lipinski definition) is 2. The molecule has 6 heteroatoms. The Bertz CT molecular complexity index is 1070. The topological polar surface area (TPSA) is 49.4 Å². The third-order valence-electron chi connectivity index (χ3n) is 5.81. The number of hydrogen-bond donors (Lipinski definition) is 1. The van der Waals surface area contributed by atoms with Gasteiger partial charge in [-0.1, -0.05) is 89.1 Å². The van der Waals surface area contributed by atoms with Crippen LogP contribution in [0.25, 0.3) is 0 Å². The summed E-state index contributed by atoms with van der Waals surface area (Å²) >= 11 is 9.49. The lowest BCUT2D eigenvalue weighted by Gasteiger charge is -2.32. The van der Waals surface area contributed by atoms with Crippen molar-refractivity contribution in [3.8, 4) is 0 Å². The Morgan fingerprint density at radius 3 is 2.15 bits per heavy atom. The molecule has 0 saturated carbocycles. The smallest absolute Gasteiger partial charge is 0.243 e. The molecule has 0 radical (unpaired) electrons. The monoisotopic (exact) mass is 540 g/mol. The molecule has 0 unspecified atom stereocenters. The Morgan fingerprint density at radius 2 is 1.53 bits per heavy atom. The van der Waals surface area contributed by atoms with Crippen molar-refractivity contribution >= 4 is 39.3 Å². The number of halogens is 2. The van der Waals surface area contributed by atoms with E-state index >= 15 is 0 Å². The van der Waals surface area contributed by atoms with Crippen molar-refractivity contribution in [2.75, 3.05) is 0 Å². The van der Waals surface area contributed by atoms with Crippen LogP contribution in [0.5, 0.6) is 0 Å². The van der Waals surface area contributed by atoms with Gasteiger partial charge in [-0.05, 0) is 54.3 Å². The average molecular weight is 542 g/mol. The zero-order valence-electron chi connectivity index (χ0n) is 19.5. The summed E-state index contributed by atoms with van der Waals surface area (Å²) in [4.78, 5) is 28.8. The van der Waals surface area contributed by atoms with Crippen molar-refractivity contribution in [2.45, 2.75) is 51.7 Å². The Hall–Kier alpha value is -2.63. The minimum absolute atomic E-state index is 0.0201. The zero-order valence-corrected chi connectivity index (χ0v) is 21.9. The summed E-state index contributed by atoms with van der Waals surface area (Å²) in [6, 6.07) is 24.3. The molecule has 0 bridgehead atoms. The van der Waals surface area contributed by atoms with Crippen LogP contribution in [0.15, 0.2) is 83.3 Å². The fraction of sp³-hybridized carbons (Fsp3) is 0.286. The molecule has 1 N–H and O–H groups in total. The average Bonchev–Trinajstić information content (AvgIpc) is 2.84. The first kappa shape index (κ1) is 26.0. The number of nitrogens with zero attached hydrogens (tertiary/aromatic N) is 1. The Kier molecular flexibility index (Phi) is 9.73. The summed E-state index contributed by atoms with van der Waals surface area (Å²) in [5.74, 6) is -0.245. The highest BCUT2D eigenvalue weighted by Gasteiger charge is 2.31. The molecule has 3 aromatic rings. The normalized spacial score (nSPS) is 12.6. The second-order valence-corrected chi connectivity index (χ2v) is 9.83. The van der Waals surface area contributed by atoms with Gasteiger partial charge in [-0.3, -0.25) is 9.59 Å². The van der Waals surface area contributed by atoms with Crippen molar-refractivity contribution < 1.29 is 9.59 Å². The van der Waals surface area contributed by atoms with Gasteiger partial charge >= 0.3 is 0 Å². The van der Waals surface area contributed by atoms with E-state index in [1.165, 1.54) is 0 Å². The Morgan fingerprint density at radius 1 is 0.912 bits per heavy atom. The molecule has 0 aromatic heterocycles. The van der Waals surface area contributed by atoms with Crippen LogP contribution in [0.4, 0.5) is 0 Å². The lowest BCUT2D eigenvalue weighted by molar-refractivity contribution is -0.141. The second-order valence-electron chi connectivity index (χ2n) is 8.47. The number of carbonyl (C=O) groups excluding carboxylic acids is 2. The van der Waals surface area contributed by atoms with Gasteiger partial charge in [-0.15, -0.1) is 0 Å². The number of rotatable bonds is 10. The van der Waals surface area contributed by atoms with Crippen LogP contribution in [0.2, 0.25) is 5.02 Å². The van der Waals surface area contributed by atoms with Crippen LogP contribution in [0, 0.1) is 0 Å². The summed E-state index contributed by atoms with van der Waals surface area (Å²) in [5.41, 5.74) is 2.82. The van der Waals surface area contributed by atoms with Gasteiger partial charge in [0.05, 0.1) is 6.42 Å². The molecule has 2 atom stereocenters. The third-order valence-corrected chi connectivity index (χ3v) is 6.59. The molecular formula is C28H30BrClN2O2. The van der Waals surface area contributed by atoms with Crippen LogP contribution >= 0.6 is 27.5 Å². The molecule has 3 aromatic carbocycles. The second kappa shape index (κ2) is 12.7. The van der Waals surface area contributed by atoms with E-state index in [-0.39, 0.29) is 24.3 Å². The van der Waals surface area contributed by atoms with Crippen molar-refractivity contribution in [1.29, 1.82) is 0 Å². The van der Waals surface area contributed by atoms with E-state index in [9.17, 15) is 9.59 Å². The van der Waals surface area contributed by atoms with Crippen LogP contribution in [0.3, 0.4) is 0 Å². The van der Waals surface area contributed by atoms with E-state index in [0.717, 1.165) is 27.6 Å². The van der Waals surface area contributed by atoms with Crippen molar-refractivity contribution in [1.82, 2.24) is 10.2 Å². The van der Waals surface area contributed by atoms with Crippen LogP contribution in [0.1, 0.15) is 37.0 Å². The minimum Gasteiger partial charge on any atom is -0.352 e. The molecule has 34 heavy (non-hydrogen) atoms. The highest BCUT2D eigenvalue weighted by Crippen LogP contribution is 2.19. The maximum absolute atomic E-state index is 13.7. The van der Waals surface area contributed by atoms with Crippen LogP contribution in [-0.4, -0.2) is 28.8 Å². The molecule has 0 heterocycles. The number of carbonyl (C=O) groups is 2. The van der Waals surface area contributed by atoms with E-state index in [4.69, 9.17) is 11.6 Å². The first-order valence-electron chi connectivity index (χ1n) is 11.5. The molecule has 0 saturated heterocycles. The highest BCUT2D eigenvalue weighted by atomic mass is 79.9. The SMILES string of the molecule is CC[C@H](C)NC(=O)[C@H](Cc1ccccc1)N(Cc1ccc(Br)cc1)C(=O)Cc1ccc(Cl)cc1. The first-order valence-corrected chi connectivity index (χ1v) is 12.7. The summed E-state index contributed by atoms with van der Waals surface area (Å²) in [5, 5.41) is 3.72. The highest BCUT2D eigenvalue weighted by molar-refractivity contribution is 9.10. The Labute approximate surface area is 215 Å². The largest absolute Gasteiger partial charge is 0.352 e. The molecular weight excluding hydrogens is 512 g/mol. The van der Waals surface area contributed by atoms with E-state index in [1.54, 1.807) is 17.0 Å². The molecule has 0 spiro atoms. The van der Waals surface area contributed by atoms with Crippen LogP contribution in [-0.2, 0) is 29.0 Å². The molecule has 0 aliphatic rings. The number of benzene rings is 3. The maximum atomic E-state index is 13.7. The van der Waals surface area contributed by atoms with E-state index < -0.39 is 6.04 Å². The quantitative estimate of drug-likeness (QED) is 0.332. The van der Waals surface area contributed by atoms with Gasteiger partial charge in [0.1, 0.15) is 6.04 Å². The van der Waals surface area contributed by atoms with E-state index in [0.29, 0.717) is 18.0 Å². The number of amides is 2. The van der Waals surface area contributed by atoms with Crippen LogP contribution < -0.4 is 5.32 Å². The predicted octanol–water partition coefficient (Wildman–Crippen LogP) is 6.20. The van der Waals surface area contributed by atoms with Gasteiger partial charge in [0.2, 0.25) is 11.8 Å². The first-order chi connectivity index (χ1) is 16.4. The zero-order chi connectivity index (χ0) is 24.5. The molecule has 0 aliphatic carbocycles. The van der Waals surface area contributed by atoms with E-state index in [2.05, 4.69) is 21.2 Å². The van der Waals surface area contributed by atoms with Gasteiger partial charge in [0, 0.05) is 28.5 Å². The van der Waals surface area contributed by atoms with Gasteiger partial charge in [-0.25, -0.2) is 0 Å². The summed E-state index contributed by atoms with van der Waals surface area (Å²) in [7, 11) is 0. The van der Waals surface area contributed by atoms with E-state index in [1.807, 2.05) is 80.6 Å². The van der Waals surface area contributed by atoms with Gasteiger partial charge in [0.15, 0.2) is 0 Å². The third kappa shape index (κ3) is 7.71. The van der Waals surface area contributed by atoms with Crippen molar-refractivity contribution in [2.24, 2.45) is 0 Å². The summed E-state index contributed by atoms with van der Waals surface area (Å²) in [6.07, 6.45) is 1.44. The minimum atomic E-state index is -0.639. The lowest BCUT2D eigenvalue weighted by atomic mass is 10.0. The molecule has 3 rings (SSSR count). The summed E-state index contributed by atoms with van der Waals surface area (Å²) < 4.78 is 0.964. The molecule has 178 valence electrons. The molecule has 0 fully saturated rings. The standard InChI is InChI=1S/C28H30BrClN2O2/c1-3-20(2)31-28(34)26(17-21-7-5-4-6-8-21)32(19-23-9-13-24(29)14-10-23)27(33)18-22-11-15-25(30)16-12-22/h4-16,20,26H,3,17-19H2,1-2H3,(H,31,34)/t20-,26-/m0/s1. The molecule has 2 amide bonds. The summed E-state index contributed by atoms with van der Waals surface area (Å²) in [6.45, 7) is 4.35. The van der Waals surface area contributed by atoms with Gasteiger partial charge in [-0.2, -0.15) is 0 Å². The van der Waals surface area contributed by atoms with Gasteiger partial charge < -0.3 is 10.2 Å².